The minimum Gasteiger partial charge on any atom is -0.493 e. The third-order valence-corrected chi connectivity index (χ3v) is 4.45. The van der Waals surface area contributed by atoms with E-state index < -0.39 is 0 Å². The van der Waals surface area contributed by atoms with Crippen LogP contribution in [0, 0.1) is 0 Å². The lowest BCUT2D eigenvalue weighted by atomic mass is 10.2. The van der Waals surface area contributed by atoms with Gasteiger partial charge in [0.1, 0.15) is 11.6 Å². The van der Waals surface area contributed by atoms with Crippen LogP contribution < -0.4 is 10.5 Å². The number of hydrogen-bond donors (Lipinski definition) is 1. The fourth-order valence-electron chi connectivity index (χ4n) is 2.46. The lowest BCUT2D eigenvalue weighted by molar-refractivity contribution is 0.344. The molecule has 0 bridgehead atoms. The Morgan fingerprint density at radius 3 is 3.10 bits per heavy atom. The summed E-state index contributed by atoms with van der Waals surface area (Å²) >= 11 is 1.71. The van der Waals surface area contributed by atoms with Crippen LogP contribution in [0.25, 0.3) is 0 Å². The highest BCUT2D eigenvalue weighted by atomic mass is 32.2. The smallest absolute Gasteiger partial charge is 0.191 e. The molecule has 1 aliphatic rings. The first-order chi connectivity index (χ1) is 10.3. The van der Waals surface area contributed by atoms with Gasteiger partial charge in [-0.1, -0.05) is 24.2 Å². The average molecular weight is 304 g/mol. The molecule has 1 aliphatic heterocycles. The van der Waals surface area contributed by atoms with Gasteiger partial charge in [-0.2, -0.15) is 0 Å². The lowest BCUT2D eigenvalue weighted by Gasteiger charge is -2.08. The van der Waals surface area contributed by atoms with E-state index in [9.17, 15) is 0 Å². The van der Waals surface area contributed by atoms with Crippen LogP contribution in [0.1, 0.15) is 25.1 Å². The van der Waals surface area contributed by atoms with Gasteiger partial charge in [-0.25, -0.2) is 0 Å². The summed E-state index contributed by atoms with van der Waals surface area (Å²) in [5.41, 5.74) is 6.45. The molecule has 21 heavy (non-hydrogen) atoms. The Bertz CT molecular complexity index is 599. The topological polar surface area (TPSA) is 66.0 Å². The van der Waals surface area contributed by atoms with Gasteiger partial charge in [-0.05, 0) is 25.0 Å². The number of thioether (sulfide) groups is 1. The fraction of sp³-hybridized carbons (Fsp3) is 0.467. The van der Waals surface area contributed by atoms with Gasteiger partial charge >= 0.3 is 0 Å². The van der Waals surface area contributed by atoms with Crippen LogP contribution in [0.15, 0.2) is 29.4 Å². The molecule has 0 unspecified atom stereocenters. The normalized spacial score (nSPS) is 14.5. The van der Waals surface area contributed by atoms with Gasteiger partial charge < -0.3 is 15.0 Å². The van der Waals surface area contributed by atoms with Crippen molar-refractivity contribution < 1.29 is 4.74 Å². The summed E-state index contributed by atoms with van der Waals surface area (Å²) < 4.78 is 7.96. The standard InChI is InChI=1S/C15H20N4OS/c16-12-5-4-6-13(11-12)20-9-10-21-15-18-17-14-7-2-1-3-8-19(14)15/h4-6,11H,1-3,7-10,16H2. The minimum atomic E-state index is 0.635. The molecule has 112 valence electrons. The number of nitrogen functional groups attached to an aromatic ring is 1. The Kier molecular flexibility index (Phi) is 4.65. The third-order valence-electron chi connectivity index (χ3n) is 3.52. The Morgan fingerprint density at radius 2 is 2.19 bits per heavy atom. The highest BCUT2D eigenvalue weighted by Gasteiger charge is 2.14. The van der Waals surface area contributed by atoms with E-state index in [1.165, 1.54) is 19.3 Å². The van der Waals surface area contributed by atoms with E-state index in [1.54, 1.807) is 11.8 Å². The molecule has 0 spiro atoms. The number of nitrogens with zero attached hydrogens (tertiary/aromatic N) is 3. The van der Waals surface area contributed by atoms with Crippen molar-refractivity contribution in [3.63, 3.8) is 0 Å². The number of aryl methyl sites for hydroxylation is 1. The molecule has 6 heteroatoms. The molecule has 2 N–H and O–H groups in total. The predicted molar refractivity (Wildman–Crippen MR) is 84.7 cm³/mol. The molecule has 0 saturated carbocycles. The van der Waals surface area contributed by atoms with Crippen molar-refractivity contribution in [1.82, 2.24) is 14.8 Å². The van der Waals surface area contributed by atoms with Crippen LogP contribution in [0.2, 0.25) is 0 Å². The summed E-state index contributed by atoms with van der Waals surface area (Å²) in [7, 11) is 0. The second kappa shape index (κ2) is 6.85. The molecule has 0 fully saturated rings. The summed E-state index contributed by atoms with van der Waals surface area (Å²) in [4.78, 5) is 0. The molecule has 0 saturated heterocycles. The first-order valence-electron chi connectivity index (χ1n) is 7.36. The molecule has 2 aromatic rings. The van der Waals surface area contributed by atoms with Crippen molar-refractivity contribution in [1.29, 1.82) is 0 Å². The van der Waals surface area contributed by atoms with Gasteiger partial charge in [0, 0.05) is 30.5 Å². The molecule has 3 rings (SSSR count). The van der Waals surface area contributed by atoms with Gasteiger partial charge in [0.2, 0.25) is 0 Å². The summed E-state index contributed by atoms with van der Waals surface area (Å²) in [5.74, 6) is 2.80. The maximum Gasteiger partial charge on any atom is 0.191 e. The lowest BCUT2D eigenvalue weighted by Crippen LogP contribution is -2.05. The maximum absolute atomic E-state index is 5.72. The number of anilines is 1. The molecule has 1 aromatic heterocycles. The second-order valence-electron chi connectivity index (χ2n) is 5.13. The molecule has 0 aliphatic carbocycles. The van der Waals surface area contributed by atoms with Crippen LogP contribution in [0.3, 0.4) is 0 Å². The first kappa shape index (κ1) is 14.3. The van der Waals surface area contributed by atoms with Gasteiger partial charge in [0.15, 0.2) is 5.16 Å². The van der Waals surface area contributed by atoms with E-state index in [-0.39, 0.29) is 0 Å². The Morgan fingerprint density at radius 1 is 1.24 bits per heavy atom. The highest BCUT2D eigenvalue weighted by molar-refractivity contribution is 7.99. The monoisotopic (exact) mass is 304 g/mol. The van der Waals surface area contributed by atoms with Gasteiger partial charge in [-0.15, -0.1) is 10.2 Å². The number of hydrogen-bond acceptors (Lipinski definition) is 5. The molecule has 0 radical (unpaired) electrons. The quantitative estimate of drug-likeness (QED) is 0.523. The van der Waals surface area contributed by atoms with Crippen LogP contribution in [-0.4, -0.2) is 27.1 Å². The number of rotatable bonds is 5. The van der Waals surface area contributed by atoms with E-state index in [2.05, 4.69) is 14.8 Å². The van der Waals surface area contributed by atoms with Crippen LogP contribution >= 0.6 is 11.8 Å². The predicted octanol–water partition coefficient (Wildman–Crippen LogP) is 2.76. The van der Waals surface area contributed by atoms with Gasteiger partial charge in [0.25, 0.3) is 0 Å². The van der Waals surface area contributed by atoms with Crippen LogP contribution in [-0.2, 0) is 13.0 Å². The number of fused-ring (bicyclic) bond motifs is 1. The summed E-state index contributed by atoms with van der Waals surface area (Å²) in [6, 6.07) is 7.52. The van der Waals surface area contributed by atoms with E-state index in [0.29, 0.717) is 6.61 Å². The zero-order valence-electron chi connectivity index (χ0n) is 12.0. The Hall–Kier alpha value is -1.69. The zero-order valence-corrected chi connectivity index (χ0v) is 12.8. The Labute approximate surface area is 128 Å². The second-order valence-corrected chi connectivity index (χ2v) is 6.19. The van der Waals surface area contributed by atoms with Crippen LogP contribution in [0.4, 0.5) is 5.69 Å². The van der Waals surface area contributed by atoms with Crippen molar-refractivity contribution >= 4 is 17.4 Å². The van der Waals surface area contributed by atoms with Crippen LogP contribution in [0.5, 0.6) is 5.75 Å². The van der Waals surface area contributed by atoms with Crippen molar-refractivity contribution in [3.8, 4) is 5.75 Å². The van der Waals surface area contributed by atoms with Crippen molar-refractivity contribution in [3.05, 3.63) is 30.1 Å². The summed E-state index contributed by atoms with van der Waals surface area (Å²) in [6.07, 6.45) is 4.78. The highest BCUT2D eigenvalue weighted by Crippen LogP contribution is 2.22. The molecular weight excluding hydrogens is 284 g/mol. The van der Waals surface area contributed by atoms with E-state index in [4.69, 9.17) is 10.5 Å². The molecule has 2 heterocycles. The third kappa shape index (κ3) is 3.69. The van der Waals surface area contributed by atoms with Gasteiger partial charge in [-0.3, -0.25) is 0 Å². The summed E-state index contributed by atoms with van der Waals surface area (Å²) in [5, 5.41) is 9.62. The average Bonchev–Trinajstić information content (AvgIpc) is 2.71. The largest absolute Gasteiger partial charge is 0.493 e. The first-order valence-corrected chi connectivity index (χ1v) is 8.35. The number of aromatic nitrogens is 3. The molecule has 0 atom stereocenters. The zero-order chi connectivity index (χ0) is 14.5. The van der Waals surface area contributed by atoms with Crippen molar-refractivity contribution in [2.75, 3.05) is 18.1 Å². The van der Waals surface area contributed by atoms with E-state index >= 15 is 0 Å². The maximum atomic E-state index is 5.72. The summed E-state index contributed by atoms with van der Waals surface area (Å²) in [6.45, 7) is 1.68. The molecule has 0 amide bonds. The minimum absolute atomic E-state index is 0.635. The number of benzene rings is 1. The fourth-order valence-corrected chi connectivity index (χ4v) is 3.26. The molecular formula is C15H20N4OS. The van der Waals surface area contributed by atoms with E-state index in [1.807, 2.05) is 24.3 Å². The Balaban J connectivity index is 1.51. The SMILES string of the molecule is Nc1cccc(OCCSc2nnc3n2CCCCC3)c1. The van der Waals surface area contributed by atoms with Gasteiger partial charge in [0.05, 0.1) is 6.61 Å². The number of nitrogens with two attached hydrogens (primary N) is 1. The van der Waals surface area contributed by atoms with Crippen molar-refractivity contribution in [2.24, 2.45) is 0 Å². The number of ether oxygens (including phenoxy) is 1. The molecule has 1 aromatic carbocycles. The van der Waals surface area contributed by atoms with Crippen molar-refractivity contribution in [2.45, 2.75) is 37.4 Å². The van der Waals surface area contributed by atoms with E-state index in [0.717, 1.165) is 41.1 Å². The molecule has 5 nitrogen and oxygen atoms in total.